The Morgan fingerprint density at radius 2 is 2.23 bits per heavy atom. The van der Waals surface area contributed by atoms with E-state index in [0.29, 0.717) is 21.0 Å². The fourth-order valence-corrected chi connectivity index (χ4v) is 3.28. The molecule has 0 spiro atoms. The molecule has 8 heteroatoms. The molecule has 0 bridgehead atoms. The molecule has 0 aromatic heterocycles. The van der Waals surface area contributed by atoms with E-state index in [4.69, 9.17) is 11.6 Å². The fourth-order valence-electron chi connectivity index (χ4n) is 2.33. The first-order chi connectivity index (χ1) is 12.5. The normalized spacial score (nSPS) is 12.7. The number of benzene rings is 2. The molecule has 1 heterocycles. The number of carbonyl (C=O) groups excluding carboxylic acids is 1. The van der Waals surface area contributed by atoms with E-state index in [2.05, 4.69) is 22.2 Å². The Labute approximate surface area is 159 Å². The molecule has 0 radical (unpaired) electrons. The van der Waals surface area contributed by atoms with Crippen LogP contribution < -0.4 is 5.43 Å². The number of rotatable bonds is 5. The third-order valence-electron chi connectivity index (χ3n) is 3.61. The number of hydrazone groups is 1. The van der Waals surface area contributed by atoms with Gasteiger partial charge in [-0.3, -0.25) is 4.79 Å². The van der Waals surface area contributed by atoms with Crippen LogP contribution in [0, 0.1) is 5.21 Å². The van der Waals surface area contributed by atoms with Gasteiger partial charge in [0.25, 0.3) is 0 Å². The number of hydrogen-bond donors (Lipinski definition) is 1. The quantitative estimate of drug-likeness (QED) is 0.368. The van der Waals surface area contributed by atoms with Gasteiger partial charge in [-0.05, 0) is 17.7 Å². The van der Waals surface area contributed by atoms with Crippen molar-refractivity contribution in [3.63, 3.8) is 0 Å². The predicted octanol–water partition coefficient (Wildman–Crippen LogP) is 3.65. The lowest BCUT2D eigenvalue weighted by Crippen LogP contribution is -2.20. The zero-order valence-corrected chi connectivity index (χ0v) is 15.3. The summed E-state index contributed by atoms with van der Waals surface area (Å²) in [6.45, 7) is 3.27. The minimum atomic E-state index is -0.250. The SMILES string of the molecule is C=[N+]([O-])c1ccc(Cl)c(/C=N/NC(=O)CSC2=Nc3ccccc3C2)c1. The third kappa shape index (κ3) is 4.50. The number of thioether (sulfide) groups is 1. The lowest BCUT2D eigenvalue weighted by atomic mass is 10.2. The Kier molecular flexibility index (Phi) is 5.70. The van der Waals surface area contributed by atoms with E-state index in [1.807, 2.05) is 24.3 Å². The smallest absolute Gasteiger partial charge is 0.250 e. The summed E-state index contributed by atoms with van der Waals surface area (Å²) in [7, 11) is 0. The molecule has 0 aliphatic carbocycles. The lowest BCUT2D eigenvalue weighted by Gasteiger charge is -2.03. The van der Waals surface area contributed by atoms with Crippen molar-refractivity contribution < 1.29 is 9.53 Å². The van der Waals surface area contributed by atoms with Crippen LogP contribution >= 0.6 is 23.4 Å². The topological polar surface area (TPSA) is 79.9 Å². The highest BCUT2D eigenvalue weighted by molar-refractivity contribution is 8.14. The number of hydrogen-bond acceptors (Lipinski definition) is 5. The van der Waals surface area contributed by atoms with Gasteiger partial charge in [-0.15, -0.1) is 11.8 Å². The van der Waals surface area contributed by atoms with Crippen molar-refractivity contribution in [2.24, 2.45) is 10.1 Å². The molecule has 2 aromatic rings. The Hall–Kier alpha value is -2.64. The molecule has 1 aliphatic rings. The van der Waals surface area contributed by atoms with Crippen LogP contribution in [0.3, 0.4) is 0 Å². The number of fused-ring (bicyclic) bond motifs is 1. The van der Waals surface area contributed by atoms with Gasteiger partial charge in [0, 0.05) is 29.1 Å². The number of halogens is 1. The number of aliphatic imine (C=N–C) groups is 1. The zero-order valence-electron chi connectivity index (χ0n) is 13.7. The maximum atomic E-state index is 11.9. The summed E-state index contributed by atoms with van der Waals surface area (Å²) < 4.78 is 0.475. The van der Waals surface area contributed by atoms with E-state index >= 15 is 0 Å². The van der Waals surface area contributed by atoms with E-state index in [1.54, 1.807) is 12.1 Å². The molecular weight excluding hydrogens is 372 g/mol. The molecule has 0 fully saturated rings. The number of amides is 1. The van der Waals surface area contributed by atoms with E-state index in [1.165, 1.54) is 29.6 Å². The molecule has 2 aromatic carbocycles. The van der Waals surface area contributed by atoms with E-state index in [0.717, 1.165) is 17.2 Å². The zero-order chi connectivity index (χ0) is 18.5. The monoisotopic (exact) mass is 386 g/mol. The minimum absolute atomic E-state index is 0.213. The van der Waals surface area contributed by atoms with Gasteiger partial charge >= 0.3 is 0 Å². The molecule has 0 unspecified atom stereocenters. The molecular formula is C18H15ClN4O2S. The van der Waals surface area contributed by atoms with Crippen LogP contribution in [-0.2, 0) is 11.2 Å². The van der Waals surface area contributed by atoms with Crippen molar-refractivity contribution in [3.05, 3.63) is 63.8 Å². The van der Waals surface area contributed by atoms with E-state index in [-0.39, 0.29) is 11.7 Å². The van der Waals surface area contributed by atoms with Crippen molar-refractivity contribution in [2.45, 2.75) is 6.42 Å². The van der Waals surface area contributed by atoms with Crippen LogP contribution in [0.5, 0.6) is 0 Å². The van der Waals surface area contributed by atoms with Crippen LogP contribution in [0.15, 0.2) is 52.6 Å². The van der Waals surface area contributed by atoms with E-state index in [9.17, 15) is 10.0 Å². The highest BCUT2D eigenvalue weighted by atomic mass is 35.5. The van der Waals surface area contributed by atoms with Crippen molar-refractivity contribution in [1.82, 2.24) is 5.43 Å². The standard InChI is InChI=1S/C18H15ClN4O2S/c1-23(25)14-6-7-15(19)13(8-14)10-20-22-17(24)11-26-18-9-12-4-2-3-5-16(12)21-18/h2-8,10H,1,9,11H2,(H,22,24)/b20-10+. The van der Waals surface area contributed by atoms with Gasteiger partial charge in [0.05, 0.1) is 22.7 Å². The van der Waals surface area contributed by atoms with Gasteiger partial charge in [-0.2, -0.15) is 9.84 Å². The van der Waals surface area contributed by atoms with Crippen LogP contribution in [0.1, 0.15) is 11.1 Å². The number of nitrogens with one attached hydrogen (secondary N) is 1. The van der Waals surface area contributed by atoms with Gasteiger partial charge in [-0.25, -0.2) is 10.4 Å². The first-order valence-corrected chi connectivity index (χ1v) is 9.07. The average Bonchev–Trinajstić information content (AvgIpc) is 3.04. The Morgan fingerprint density at radius 3 is 3.00 bits per heavy atom. The molecule has 1 N–H and O–H groups in total. The maximum absolute atomic E-state index is 11.9. The summed E-state index contributed by atoms with van der Waals surface area (Å²) in [6, 6.07) is 12.6. The van der Waals surface area contributed by atoms with Gasteiger partial charge in [0.2, 0.25) is 11.6 Å². The number of carbonyl (C=O) groups is 1. The minimum Gasteiger partial charge on any atom is -0.619 e. The largest absolute Gasteiger partial charge is 0.619 e. The molecule has 3 rings (SSSR count). The summed E-state index contributed by atoms with van der Waals surface area (Å²) in [4.78, 5) is 16.4. The molecule has 0 atom stereocenters. The Morgan fingerprint density at radius 1 is 1.42 bits per heavy atom. The summed E-state index contributed by atoms with van der Waals surface area (Å²) in [5.74, 6) is -0.0367. The van der Waals surface area contributed by atoms with Crippen molar-refractivity contribution in [2.75, 3.05) is 5.75 Å². The first-order valence-electron chi connectivity index (χ1n) is 7.70. The Bertz CT molecular complexity index is 927. The fraction of sp³-hybridized carbons (Fsp3) is 0.111. The third-order valence-corrected chi connectivity index (χ3v) is 4.93. The molecule has 26 heavy (non-hydrogen) atoms. The molecule has 0 saturated carbocycles. The van der Waals surface area contributed by atoms with Crippen LogP contribution in [-0.4, -0.2) is 34.4 Å². The van der Waals surface area contributed by atoms with E-state index < -0.39 is 0 Å². The average molecular weight is 387 g/mol. The summed E-state index contributed by atoms with van der Waals surface area (Å²) in [5.41, 5.74) is 5.42. The second-order valence-corrected chi connectivity index (χ2v) is 6.93. The molecule has 1 aliphatic heterocycles. The molecule has 0 saturated heterocycles. The highest BCUT2D eigenvalue weighted by Crippen LogP contribution is 2.29. The molecule has 1 amide bonds. The predicted molar refractivity (Wildman–Crippen MR) is 107 cm³/mol. The van der Waals surface area contributed by atoms with Gasteiger partial charge in [0.15, 0.2) is 0 Å². The van der Waals surface area contributed by atoms with Crippen LogP contribution in [0.2, 0.25) is 5.02 Å². The van der Waals surface area contributed by atoms with Gasteiger partial charge in [0.1, 0.15) is 6.72 Å². The summed E-state index contributed by atoms with van der Waals surface area (Å²) in [6.07, 6.45) is 2.14. The second kappa shape index (κ2) is 8.16. The van der Waals surface area contributed by atoms with Crippen molar-refractivity contribution in [3.8, 4) is 0 Å². The van der Waals surface area contributed by atoms with Crippen molar-refractivity contribution in [1.29, 1.82) is 0 Å². The number of nitrogens with zero attached hydrogens (tertiary/aromatic N) is 3. The molecule has 132 valence electrons. The van der Waals surface area contributed by atoms with Gasteiger partial charge < -0.3 is 5.21 Å². The summed E-state index contributed by atoms with van der Waals surface area (Å²) >= 11 is 7.43. The highest BCUT2D eigenvalue weighted by Gasteiger charge is 2.15. The molecule has 6 nitrogen and oxygen atoms in total. The summed E-state index contributed by atoms with van der Waals surface area (Å²) in [5, 5.41) is 16.4. The Balaban J connectivity index is 1.51. The van der Waals surface area contributed by atoms with Crippen LogP contribution in [0.25, 0.3) is 0 Å². The first kappa shape index (κ1) is 18.2. The van der Waals surface area contributed by atoms with Crippen molar-refractivity contribution >= 4 is 58.6 Å². The van der Waals surface area contributed by atoms with Crippen LogP contribution in [0.4, 0.5) is 11.4 Å². The second-order valence-electron chi connectivity index (χ2n) is 5.48. The number of para-hydroxylation sites is 1. The van der Waals surface area contributed by atoms with Gasteiger partial charge in [-0.1, -0.05) is 29.8 Å². The maximum Gasteiger partial charge on any atom is 0.250 e. The lowest BCUT2D eigenvalue weighted by molar-refractivity contribution is -0.349.